The molecule has 0 saturated carbocycles. The number of hydrogen-bond acceptors (Lipinski definition) is 4. The number of carbonyl (C=O) groups excluding carboxylic acids is 1. The minimum absolute atomic E-state index is 0.0376. The Balaban J connectivity index is 2.03. The predicted octanol–water partition coefficient (Wildman–Crippen LogP) is 2.36. The van der Waals surface area contributed by atoms with Crippen LogP contribution in [-0.4, -0.2) is 36.4 Å². The predicted molar refractivity (Wildman–Crippen MR) is 76.7 cm³/mol. The summed E-state index contributed by atoms with van der Waals surface area (Å²) in [5, 5.41) is 3.04. The van der Waals surface area contributed by atoms with E-state index in [9.17, 15) is 4.79 Å². The van der Waals surface area contributed by atoms with Crippen LogP contribution in [0, 0.1) is 0 Å². The molecule has 0 saturated heterocycles. The van der Waals surface area contributed by atoms with Crippen molar-refractivity contribution in [3.8, 4) is 0 Å². The van der Waals surface area contributed by atoms with Crippen molar-refractivity contribution in [2.75, 3.05) is 20.6 Å². The van der Waals surface area contributed by atoms with E-state index in [4.69, 9.17) is 16.0 Å². The fourth-order valence-electron chi connectivity index (χ4n) is 1.86. The number of hydrogen-bond donors (Lipinski definition) is 1. The molecular formula is C14H16ClN3O2. The highest BCUT2D eigenvalue weighted by Gasteiger charge is 2.19. The number of likely N-dealkylation sites (N-methyl/N-ethyl adjacent to an activating group) is 1. The van der Waals surface area contributed by atoms with Gasteiger partial charge in [0.1, 0.15) is 10.9 Å². The number of pyridine rings is 1. The maximum atomic E-state index is 12.1. The molecule has 0 aromatic carbocycles. The van der Waals surface area contributed by atoms with Gasteiger partial charge in [-0.15, -0.1) is 0 Å². The highest BCUT2D eigenvalue weighted by molar-refractivity contribution is 6.32. The summed E-state index contributed by atoms with van der Waals surface area (Å²) in [5.74, 6) is 0.550. The lowest BCUT2D eigenvalue weighted by Crippen LogP contribution is -2.34. The summed E-state index contributed by atoms with van der Waals surface area (Å²) in [5.41, 5.74) is 0.367. The van der Waals surface area contributed by atoms with E-state index in [1.54, 1.807) is 24.6 Å². The Morgan fingerprint density at radius 3 is 2.85 bits per heavy atom. The van der Waals surface area contributed by atoms with Gasteiger partial charge in [0.2, 0.25) is 0 Å². The van der Waals surface area contributed by atoms with Gasteiger partial charge in [0.25, 0.3) is 5.91 Å². The fraction of sp³-hybridized carbons (Fsp3) is 0.286. The zero-order chi connectivity index (χ0) is 14.5. The van der Waals surface area contributed by atoms with E-state index >= 15 is 0 Å². The van der Waals surface area contributed by atoms with Crippen molar-refractivity contribution in [1.82, 2.24) is 15.2 Å². The summed E-state index contributed by atoms with van der Waals surface area (Å²) >= 11 is 5.90. The molecule has 2 heterocycles. The second-order valence-corrected chi connectivity index (χ2v) is 4.90. The first-order chi connectivity index (χ1) is 9.59. The third kappa shape index (κ3) is 3.37. The van der Waals surface area contributed by atoms with Gasteiger partial charge in [-0.3, -0.25) is 9.69 Å². The van der Waals surface area contributed by atoms with Gasteiger partial charge in [0.05, 0.1) is 17.9 Å². The highest BCUT2D eigenvalue weighted by Crippen LogP contribution is 2.18. The van der Waals surface area contributed by atoms with E-state index in [1.807, 2.05) is 31.1 Å². The maximum absolute atomic E-state index is 12.1. The highest BCUT2D eigenvalue weighted by atomic mass is 35.5. The average Bonchev–Trinajstić information content (AvgIpc) is 2.92. The summed E-state index contributed by atoms with van der Waals surface area (Å²) in [6, 6.07) is 6.99. The molecule has 0 aliphatic heterocycles. The Bertz CT molecular complexity index is 570. The van der Waals surface area contributed by atoms with Crippen LogP contribution in [0.25, 0.3) is 0 Å². The van der Waals surface area contributed by atoms with Crippen LogP contribution in [-0.2, 0) is 0 Å². The minimum Gasteiger partial charge on any atom is -0.468 e. The molecule has 0 radical (unpaired) electrons. The van der Waals surface area contributed by atoms with Crippen LogP contribution in [0.2, 0.25) is 5.15 Å². The molecular weight excluding hydrogens is 278 g/mol. The Kier molecular flexibility index (Phi) is 4.76. The monoisotopic (exact) mass is 293 g/mol. The fourth-order valence-corrected chi connectivity index (χ4v) is 2.06. The molecule has 1 atom stereocenters. The first kappa shape index (κ1) is 14.6. The van der Waals surface area contributed by atoms with E-state index in [2.05, 4.69) is 10.3 Å². The normalized spacial score (nSPS) is 12.4. The molecule has 0 fully saturated rings. The molecule has 1 unspecified atom stereocenters. The van der Waals surface area contributed by atoms with Gasteiger partial charge >= 0.3 is 0 Å². The number of carbonyl (C=O) groups is 1. The summed E-state index contributed by atoms with van der Waals surface area (Å²) in [6.45, 7) is 0.421. The second-order valence-electron chi connectivity index (χ2n) is 4.55. The Labute approximate surface area is 122 Å². The van der Waals surface area contributed by atoms with Crippen molar-refractivity contribution in [3.63, 3.8) is 0 Å². The molecule has 0 bridgehead atoms. The number of nitrogens with one attached hydrogen (secondary N) is 1. The number of aromatic nitrogens is 1. The lowest BCUT2D eigenvalue weighted by Gasteiger charge is -2.22. The molecule has 0 aliphatic rings. The second kappa shape index (κ2) is 6.54. The molecule has 0 spiro atoms. The van der Waals surface area contributed by atoms with E-state index in [0.717, 1.165) is 5.76 Å². The number of rotatable bonds is 5. The quantitative estimate of drug-likeness (QED) is 0.860. The van der Waals surface area contributed by atoms with E-state index in [-0.39, 0.29) is 17.1 Å². The first-order valence-corrected chi connectivity index (χ1v) is 6.56. The molecule has 20 heavy (non-hydrogen) atoms. The smallest absolute Gasteiger partial charge is 0.254 e. The van der Waals surface area contributed by atoms with E-state index < -0.39 is 0 Å². The Hall–Kier alpha value is -1.85. The molecule has 2 rings (SSSR count). The summed E-state index contributed by atoms with van der Waals surface area (Å²) in [7, 11) is 3.85. The van der Waals surface area contributed by atoms with Crippen molar-refractivity contribution in [2.24, 2.45) is 0 Å². The minimum atomic E-state index is -0.249. The molecule has 1 amide bonds. The molecule has 6 heteroatoms. The molecule has 2 aromatic rings. The van der Waals surface area contributed by atoms with Gasteiger partial charge in [-0.2, -0.15) is 0 Å². The van der Waals surface area contributed by atoms with Gasteiger partial charge in [0, 0.05) is 12.7 Å². The van der Waals surface area contributed by atoms with Crippen LogP contribution >= 0.6 is 11.6 Å². The average molecular weight is 294 g/mol. The van der Waals surface area contributed by atoms with E-state index in [0.29, 0.717) is 12.1 Å². The molecule has 2 aromatic heterocycles. The van der Waals surface area contributed by atoms with Crippen LogP contribution < -0.4 is 5.32 Å². The van der Waals surface area contributed by atoms with Gasteiger partial charge in [-0.1, -0.05) is 11.6 Å². The Morgan fingerprint density at radius 1 is 1.45 bits per heavy atom. The topological polar surface area (TPSA) is 58.4 Å². The van der Waals surface area contributed by atoms with Gasteiger partial charge < -0.3 is 9.73 Å². The Morgan fingerprint density at radius 2 is 2.25 bits per heavy atom. The van der Waals surface area contributed by atoms with Crippen molar-refractivity contribution < 1.29 is 9.21 Å². The maximum Gasteiger partial charge on any atom is 0.254 e. The van der Waals surface area contributed by atoms with Crippen molar-refractivity contribution >= 4 is 17.5 Å². The van der Waals surface area contributed by atoms with Crippen LogP contribution in [0.4, 0.5) is 0 Å². The SMILES string of the molecule is CN(C)C(CNC(=O)c1cccnc1Cl)c1ccco1. The van der Waals surface area contributed by atoms with Crippen LogP contribution in [0.1, 0.15) is 22.2 Å². The number of nitrogens with zero attached hydrogens (tertiary/aromatic N) is 2. The van der Waals surface area contributed by atoms with Crippen molar-refractivity contribution in [3.05, 3.63) is 53.2 Å². The van der Waals surface area contributed by atoms with Gasteiger partial charge in [0.15, 0.2) is 0 Å². The van der Waals surface area contributed by atoms with Crippen molar-refractivity contribution in [2.45, 2.75) is 6.04 Å². The van der Waals surface area contributed by atoms with Crippen LogP contribution in [0.3, 0.4) is 0 Å². The molecule has 5 nitrogen and oxygen atoms in total. The zero-order valence-electron chi connectivity index (χ0n) is 11.3. The van der Waals surface area contributed by atoms with Crippen LogP contribution in [0.5, 0.6) is 0 Å². The van der Waals surface area contributed by atoms with Crippen molar-refractivity contribution in [1.29, 1.82) is 0 Å². The molecule has 106 valence electrons. The lowest BCUT2D eigenvalue weighted by molar-refractivity contribution is 0.0939. The third-order valence-electron chi connectivity index (χ3n) is 2.95. The van der Waals surface area contributed by atoms with Crippen LogP contribution in [0.15, 0.2) is 41.1 Å². The first-order valence-electron chi connectivity index (χ1n) is 6.18. The van der Waals surface area contributed by atoms with Gasteiger partial charge in [-0.05, 0) is 38.4 Å². The number of furan rings is 1. The summed E-state index contributed by atoms with van der Waals surface area (Å²) in [4.78, 5) is 17.9. The standard InChI is InChI=1S/C14H16ClN3O2/c1-18(2)11(12-6-4-8-20-12)9-17-14(19)10-5-3-7-16-13(10)15/h3-8,11H,9H2,1-2H3,(H,17,19). The molecule has 1 N–H and O–H groups in total. The lowest BCUT2D eigenvalue weighted by atomic mass is 10.2. The zero-order valence-corrected chi connectivity index (χ0v) is 12.1. The largest absolute Gasteiger partial charge is 0.468 e. The third-order valence-corrected chi connectivity index (χ3v) is 3.26. The van der Waals surface area contributed by atoms with E-state index in [1.165, 1.54) is 0 Å². The number of amides is 1. The summed E-state index contributed by atoms with van der Waals surface area (Å²) in [6.07, 6.45) is 3.16. The van der Waals surface area contributed by atoms with Gasteiger partial charge in [-0.25, -0.2) is 4.98 Å². The number of halogens is 1. The summed E-state index contributed by atoms with van der Waals surface area (Å²) < 4.78 is 5.39. The molecule has 0 aliphatic carbocycles.